The van der Waals surface area contributed by atoms with E-state index in [1.807, 2.05) is 60.7 Å². The van der Waals surface area contributed by atoms with Gasteiger partial charge in [-0.2, -0.15) is 4.68 Å². The van der Waals surface area contributed by atoms with Crippen molar-refractivity contribution < 1.29 is 4.79 Å². The molecule has 0 atom stereocenters. The zero-order chi connectivity index (χ0) is 15.9. The molecule has 1 N–H and O–H groups in total. The molecule has 0 fully saturated rings. The number of hydrogen-bond donors (Lipinski definition) is 1. The second-order valence-electron chi connectivity index (χ2n) is 4.75. The van der Waals surface area contributed by atoms with Crippen LogP contribution in [-0.4, -0.2) is 31.9 Å². The molecule has 0 aliphatic carbocycles. The molecule has 7 heteroatoms. The van der Waals surface area contributed by atoms with Crippen LogP contribution in [0.5, 0.6) is 0 Å². The highest BCUT2D eigenvalue weighted by atomic mass is 32.2. The van der Waals surface area contributed by atoms with Crippen molar-refractivity contribution in [1.82, 2.24) is 20.2 Å². The summed E-state index contributed by atoms with van der Waals surface area (Å²) in [5, 5.41) is 14.6. The van der Waals surface area contributed by atoms with Crippen LogP contribution >= 0.6 is 11.8 Å². The summed E-state index contributed by atoms with van der Waals surface area (Å²) in [5.41, 5.74) is 1.70. The van der Waals surface area contributed by atoms with Crippen molar-refractivity contribution in [2.24, 2.45) is 0 Å². The lowest BCUT2D eigenvalue weighted by Crippen LogP contribution is -2.14. The third-order valence-corrected chi connectivity index (χ3v) is 3.99. The molecule has 1 aromatic heterocycles. The molecule has 6 nitrogen and oxygen atoms in total. The van der Waals surface area contributed by atoms with Crippen LogP contribution in [0.2, 0.25) is 0 Å². The van der Waals surface area contributed by atoms with Crippen LogP contribution in [0.15, 0.2) is 60.7 Å². The van der Waals surface area contributed by atoms with Gasteiger partial charge in [0.15, 0.2) is 5.82 Å². The van der Waals surface area contributed by atoms with E-state index < -0.39 is 0 Å². The van der Waals surface area contributed by atoms with E-state index in [2.05, 4.69) is 20.8 Å². The fraction of sp³-hybridized carbons (Fsp3) is 0.125. The van der Waals surface area contributed by atoms with Crippen LogP contribution in [0.3, 0.4) is 0 Å². The van der Waals surface area contributed by atoms with Crippen molar-refractivity contribution in [3.8, 4) is 5.69 Å². The van der Waals surface area contributed by atoms with Gasteiger partial charge in [-0.25, -0.2) is 0 Å². The molecule has 2 aromatic carbocycles. The second-order valence-corrected chi connectivity index (χ2v) is 5.74. The van der Waals surface area contributed by atoms with E-state index in [9.17, 15) is 4.79 Å². The summed E-state index contributed by atoms with van der Waals surface area (Å²) >= 11 is 1.47. The first-order valence-electron chi connectivity index (χ1n) is 7.08. The third-order valence-electron chi connectivity index (χ3n) is 3.06. The highest BCUT2D eigenvalue weighted by Gasteiger charge is 2.09. The normalized spacial score (nSPS) is 10.4. The Labute approximate surface area is 137 Å². The summed E-state index contributed by atoms with van der Waals surface area (Å²) in [7, 11) is 0. The number of benzene rings is 2. The number of carbonyl (C=O) groups excluding carboxylic acids is 1. The number of aromatic nitrogens is 4. The van der Waals surface area contributed by atoms with Crippen LogP contribution < -0.4 is 5.32 Å². The lowest BCUT2D eigenvalue weighted by atomic mass is 10.3. The monoisotopic (exact) mass is 325 g/mol. The van der Waals surface area contributed by atoms with Gasteiger partial charge in [-0.05, 0) is 34.7 Å². The van der Waals surface area contributed by atoms with Gasteiger partial charge < -0.3 is 5.32 Å². The van der Waals surface area contributed by atoms with Gasteiger partial charge >= 0.3 is 0 Å². The molecule has 0 radical (unpaired) electrons. The number of carbonyl (C=O) groups is 1. The maximum Gasteiger partial charge on any atom is 0.234 e. The molecule has 1 heterocycles. The average molecular weight is 325 g/mol. The van der Waals surface area contributed by atoms with E-state index >= 15 is 0 Å². The van der Waals surface area contributed by atoms with E-state index in [4.69, 9.17) is 0 Å². The van der Waals surface area contributed by atoms with Crippen molar-refractivity contribution in [3.05, 3.63) is 66.5 Å². The minimum atomic E-state index is -0.0417. The Balaban J connectivity index is 1.54. The Bertz CT molecular complexity index is 760. The molecule has 3 aromatic rings. The molecule has 23 heavy (non-hydrogen) atoms. The minimum Gasteiger partial charge on any atom is -0.325 e. The third kappa shape index (κ3) is 4.17. The van der Waals surface area contributed by atoms with Crippen molar-refractivity contribution in [1.29, 1.82) is 0 Å². The van der Waals surface area contributed by atoms with Crippen LogP contribution in [0.1, 0.15) is 5.82 Å². The average Bonchev–Trinajstić information content (AvgIpc) is 3.05. The molecule has 0 saturated heterocycles. The zero-order valence-electron chi connectivity index (χ0n) is 12.3. The molecule has 3 rings (SSSR count). The number of thioether (sulfide) groups is 1. The summed E-state index contributed by atoms with van der Waals surface area (Å²) in [5.74, 6) is 1.58. The molecule has 0 aliphatic heterocycles. The SMILES string of the molecule is O=C(CSCc1nnnn1-c1ccccc1)Nc1ccccc1. The number of amides is 1. The van der Waals surface area contributed by atoms with E-state index in [-0.39, 0.29) is 5.91 Å². The largest absolute Gasteiger partial charge is 0.325 e. The smallest absolute Gasteiger partial charge is 0.234 e. The van der Waals surface area contributed by atoms with Crippen LogP contribution in [0.25, 0.3) is 5.69 Å². The van der Waals surface area contributed by atoms with E-state index in [1.54, 1.807) is 4.68 Å². The first-order valence-corrected chi connectivity index (χ1v) is 8.24. The van der Waals surface area contributed by atoms with Crippen LogP contribution in [-0.2, 0) is 10.5 Å². The Kier molecular flexibility index (Phi) is 5.00. The maximum absolute atomic E-state index is 11.9. The van der Waals surface area contributed by atoms with Gasteiger partial charge in [-0.15, -0.1) is 16.9 Å². The summed E-state index contributed by atoms with van der Waals surface area (Å²) in [6.07, 6.45) is 0. The van der Waals surface area contributed by atoms with Crippen molar-refractivity contribution in [2.75, 3.05) is 11.1 Å². The zero-order valence-corrected chi connectivity index (χ0v) is 13.1. The summed E-state index contributed by atoms with van der Waals surface area (Å²) in [6.45, 7) is 0. The second kappa shape index (κ2) is 7.55. The number of para-hydroxylation sites is 2. The fourth-order valence-electron chi connectivity index (χ4n) is 2.02. The topological polar surface area (TPSA) is 72.7 Å². The molecule has 0 saturated carbocycles. The molecule has 0 bridgehead atoms. The summed E-state index contributed by atoms with van der Waals surface area (Å²) in [6, 6.07) is 19.1. The summed E-state index contributed by atoms with van der Waals surface area (Å²) < 4.78 is 1.68. The molecular weight excluding hydrogens is 310 g/mol. The van der Waals surface area contributed by atoms with E-state index in [1.165, 1.54) is 11.8 Å². The molecule has 0 aliphatic rings. The number of nitrogens with zero attached hydrogens (tertiary/aromatic N) is 4. The first-order chi connectivity index (χ1) is 11.3. The quantitative estimate of drug-likeness (QED) is 0.754. The van der Waals surface area contributed by atoms with Gasteiger partial charge in [0.05, 0.1) is 17.2 Å². The van der Waals surface area contributed by atoms with Gasteiger partial charge in [0.1, 0.15) is 0 Å². The predicted octanol–water partition coefficient (Wildman–Crippen LogP) is 2.53. The summed E-state index contributed by atoms with van der Waals surface area (Å²) in [4.78, 5) is 11.9. The van der Waals surface area contributed by atoms with Gasteiger partial charge in [-0.3, -0.25) is 4.79 Å². The Morgan fingerprint density at radius 3 is 2.48 bits per heavy atom. The Morgan fingerprint density at radius 2 is 1.74 bits per heavy atom. The number of nitrogens with one attached hydrogen (secondary N) is 1. The minimum absolute atomic E-state index is 0.0417. The van der Waals surface area contributed by atoms with Crippen LogP contribution in [0.4, 0.5) is 5.69 Å². The number of anilines is 1. The molecule has 0 unspecified atom stereocenters. The molecule has 1 amide bonds. The Hall–Kier alpha value is -2.67. The van der Waals surface area contributed by atoms with Crippen molar-refractivity contribution >= 4 is 23.4 Å². The van der Waals surface area contributed by atoms with Gasteiger partial charge in [-0.1, -0.05) is 36.4 Å². The Morgan fingerprint density at radius 1 is 1.04 bits per heavy atom. The first kappa shape index (κ1) is 15.2. The van der Waals surface area contributed by atoms with Gasteiger partial charge in [0.25, 0.3) is 0 Å². The predicted molar refractivity (Wildman–Crippen MR) is 90.4 cm³/mol. The van der Waals surface area contributed by atoms with Crippen molar-refractivity contribution in [3.63, 3.8) is 0 Å². The highest BCUT2D eigenvalue weighted by Crippen LogP contribution is 2.14. The molecule has 0 spiro atoms. The van der Waals surface area contributed by atoms with Crippen LogP contribution in [0, 0.1) is 0 Å². The van der Waals surface area contributed by atoms with Gasteiger partial charge in [0.2, 0.25) is 5.91 Å². The molecule has 116 valence electrons. The van der Waals surface area contributed by atoms with E-state index in [0.29, 0.717) is 17.3 Å². The highest BCUT2D eigenvalue weighted by molar-refractivity contribution is 7.99. The molecular formula is C16H15N5OS. The lowest BCUT2D eigenvalue weighted by Gasteiger charge is -2.05. The van der Waals surface area contributed by atoms with E-state index in [0.717, 1.165) is 11.4 Å². The number of rotatable bonds is 6. The van der Waals surface area contributed by atoms with Crippen molar-refractivity contribution in [2.45, 2.75) is 5.75 Å². The standard InChI is InChI=1S/C16H15N5OS/c22-16(17-13-7-3-1-4-8-13)12-23-11-15-18-19-20-21(15)14-9-5-2-6-10-14/h1-10H,11-12H2,(H,17,22). The lowest BCUT2D eigenvalue weighted by molar-refractivity contribution is -0.113. The number of hydrogen-bond acceptors (Lipinski definition) is 5. The fourth-order valence-corrected chi connectivity index (χ4v) is 2.74. The maximum atomic E-state index is 11.9. The number of tetrazole rings is 1. The van der Waals surface area contributed by atoms with Gasteiger partial charge in [0, 0.05) is 5.69 Å².